The molecule has 8 nitrogen and oxygen atoms in total. The maximum Gasteiger partial charge on any atom is 0.434 e. The summed E-state index contributed by atoms with van der Waals surface area (Å²) in [6.45, 7) is -0.166. The van der Waals surface area contributed by atoms with Crippen LogP contribution in [0.3, 0.4) is 0 Å². The van der Waals surface area contributed by atoms with Crippen molar-refractivity contribution in [2.75, 3.05) is 7.11 Å². The molecule has 3 aromatic heterocycles. The molecule has 1 aromatic carbocycles. The topological polar surface area (TPSA) is 87.8 Å². The van der Waals surface area contributed by atoms with Crippen LogP contribution >= 0.6 is 0 Å². The Morgan fingerprint density at radius 1 is 0.923 bits per heavy atom. The number of rotatable bonds is 7. The van der Waals surface area contributed by atoms with E-state index in [0.29, 0.717) is 22.9 Å². The summed E-state index contributed by atoms with van der Waals surface area (Å²) in [6, 6.07) is 6.92. The molecule has 0 spiro atoms. The van der Waals surface area contributed by atoms with Gasteiger partial charge >= 0.3 is 12.4 Å². The fourth-order valence-electron chi connectivity index (χ4n) is 3.95. The van der Waals surface area contributed by atoms with Gasteiger partial charge in [-0.3, -0.25) is 0 Å². The second kappa shape index (κ2) is 9.82. The Morgan fingerprint density at radius 3 is 2.21 bits per heavy atom. The molecule has 0 saturated heterocycles. The van der Waals surface area contributed by atoms with Gasteiger partial charge in [-0.1, -0.05) is 24.3 Å². The molecule has 4 aromatic rings. The van der Waals surface area contributed by atoms with E-state index in [1.54, 1.807) is 24.3 Å². The molecular weight excluding hydrogens is 530 g/mol. The highest BCUT2D eigenvalue weighted by atomic mass is 19.4. The van der Waals surface area contributed by atoms with Crippen LogP contribution in [0.5, 0.6) is 11.8 Å². The van der Waals surface area contributed by atoms with Crippen molar-refractivity contribution in [3.8, 4) is 34.5 Å². The molecule has 0 atom stereocenters. The van der Waals surface area contributed by atoms with Gasteiger partial charge in [-0.25, -0.2) is 19.9 Å². The molecular formula is C25H20F6N6O2. The van der Waals surface area contributed by atoms with Crippen molar-refractivity contribution in [1.29, 1.82) is 0 Å². The van der Waals surface area contributed by atoms with Crippen LogP contribution in [0.4, 0.5) is 26.3 Å². The number of imidazole rings is 1. The Kier molecular flexibility index (Phi) is 6.64. The predicted molar refractivity (Wildman–Crippen MR) is 125 cm³/mol. The molecule has 0 aliphatic heterocycles. The van der Waals surface area contributed by atoms with Crippen molar-refractivity contribution >= 4 is 0 Å². The normalized spacial score (nSPS) is 13.9. The molecule has 0 amide bonds. The zero-order valence-electron chi connectivity index (χ0n) is 20.5. The average Bonchev–Trinajstić information content (AvgIpc) is 3.66. The van der Waals surface area contributed by atoms with Crippen molar-refractivity contribution in [3.63, 3.8) is 0 Å². The number of aryl methyl sites for hydroxylation is 1. The maximum atomic E-state index is 13.7. The van der Waals surface area contributed by atoms with Gasteiger partial charge in [0.1, 0.15) is 24.3 Å². The average molecular weight is 550 g/mol. The molecule has 0 unspecified atom stereocenters. The number of alkyl halides is 6. The lowest BCUT2D eigenvalue weighted by atomic mass is 10.1. The molecule has 5 rings (SSSR count). The van der Waals surface area contributed by atoms with E-state index in [0.717, 1.165) is 19.0 Å². The first kappa shape index (κ1) is 26.4. The largest absolute Gasteiger partial charge is 0.480 e. The Hall–Kier alpha value is -4.23. The molecule has 1 aliphatic carbocycles. The van der Waals surface area contributed by atoms with Gasteiger partial charge in [0.05, 0.1) is 12.8 Å². The summed E-state index contributed by atoms with van der Waals surface area (Å²) in [6.07, 6.45) is -5.55. The van der Waals surface area contributed by atoms with E-state index in [1.807, 2.05) is 0 Å². The Bertz CT molecular complexity index is 1500. The summed E-state index contributed by atoms with van der Waals surface area (Å²) < 4.78 is 92.2. The Labute approximate surface area is 217 Å². The third kappa shape index (κ3) is 5.64. The first-order chi connectivity index (χ1) is 18.4. The monoisotopic (exact) mass is 550 g/mol. The molecule has 204 valence electrons. The summed E-state index contributed by atoms with van der Waals surface area (Å²) >= 11 is 0. The molecule has 39 heavy (non-hydrogen) atoms. The number of nitrogens with zero attached hydrogens (tertiary/aromatic N) is 6. The number of methoxy groups -OCH3 is 1. The second-order valence-corrected chi connectivity index (χ2v) is 8.87. The predicted octanol–water partition coefficient (Wildman–Crippen LogP) is 5.84. The first-order valence-corrected chi connectivity index (χ1v) is 11.6. The van der Waals surface area contributed by atoms with Crippen LogP contribution in [0.15, 0.2) is 42.9 Å². The highest BCUT2D eigenvalue weighted by molar-refractivity contribution is 5.66. The van der Waals surface area contributed by atoms with Crippen molar-refractivity contribution in [2.24, 2.45) is 7.05 Å². The number of hydrogen-bond acceptors (Lipinski definition) is 7. The number of hydrogen-bond donors (Lipinski definition) is 0. The van der Waals surface area contributed by atoms with Crippen LogP contribution in [0, 0.1) is 0 Å². The molecule has 1 aliphatic rings. The van der Waals surface area contributed by atoms with E-state index in [2.05, 4.69) is 24.9 Å². The van der Waals surface area contributed by atoms with Crippen LogP contribution in [0.2, 0.25) is 0 Å². The van der Waals surface area contributed by atoms with Gasteiger partial charge in [-0.15, -0.1) is 0 Å². The zero-order valence-corrected chi connectivity index (χ0v) is 20.5. The smallest absolute Gasteiger partial charge is 0.434 e. The van der Waals surface area contributed by atoms with Crippen molar-refractivity contribution in [1.82, 2.24) is 29.5 Å². The molecule has 0 bridgehead atoms. The lowest BCUT2D eigenvalue weighted by Gasteiger charge is -2.14. The van der Waals surface area contributed by atoms with Crippen molar-refractivity contribution < 1.29 is 35.8 Å². The number of halogens is 6. The maximum absolute atomic E-state index is 13.7. The van der Waals surface area contributed by atoms with E-state index in [-0.39, 0.29) is 41.5 Å². The fraction of sp³-hybridized carbons (Fsp3) is 0.320. The third-order valence-electron chi connectivity index (χ3n) is 5.98. The molecule has 1 saturated carbocycles. The summed E-state index contributed by atoms with van der Waals surface area (Å²) in [5, 5.41) is 0. The molecule has 3 heterocycles. The summed E-state index contributed by atoms with van der Waals surface area (Å²) in [7, 11) is 2.78. The van der Waals surface area contributed by atoms with Crippen LogP contribution in [0.1, 0.15) is 41.4 Å². The molecule has 1 fully saturated rings. The quantitative estimate of drug-likeness (QED) is 0.267. The summed E-state index contributed by atoms with van der Waals surface area (Å²) in [5.74, 6) is -0.400. The lowest BCUT2D eigenvalue weighted by Crippen LogP contribution is -2.12. The van der Waals surface area contributed by atoms with E-state index >= 15 is 0 Å². The Balaban J connectivity index is 1.42. The van der Waals surface area contributed by atoms with Gasteiger partial charge in [0.15, 0.2) is 17.2 Å². The van der Waals surface area contributed by atoms with Crippen LogP contribution < -0.4 is 9.47 Å². The lowest BCUT2D eigenvalue weighted by molar-refractivity contribution is -0.141. The minimum atomic E-state index is -4.78. The third-order valence-corrected chi connectivity index (χ3v) is 5.98. The van der Waals surface area contributed by atoms with Gasteiger partial charge in [-0.2, -0.15) is 31.3 Å². The minimum absolute atomic E-state index is 0.0452. The number of aromatic nitrogens is 6. The SMILES string of the molecule is COc1ncnc(C2CC2)c1-c1nc(OCc2ccc(-c3nc(C(F)(F)F)cn3C)cc2)cc(C(F)(F)F)n1. The van der Waals surface area contributed by atoms with Crippen LogP contribution in [0.25, 0.3) is 22.8 Å². The summed E-state index contributed by atoms with van der Waals surface area (Å²) in [5.41, 5.74) is -0.582. The van der Waals surface area contributed by atoms with E-state index < -0.39 is 23.7 Å². The zero-order chi connectivity index (χ0) is 27.9. The highest BCUT2D eigenvalue weighted by Crippen LogP contribution is 2.45. The number of benzene rings is 1. The number of ether oxygens (including phenoxy) is 2. The van der Waals surface area contributed by atoms with Gasteiger partial charge in [0, 0.05) is 30.8 Å². The Morgan fingerprint density at radius 2 is 1.62 bits per heavy atom. The van der Waals surface area contributed by atoms with Gasteiger partial charge < -0.3 is 14.0 Å². The highest BCUT2D eigenvalue weighted by Gasteiger charge is 2.37. The van der Waals surface area contributed by atoms with Gasteiger partial charge in [-0.05, 0) is 18.4 Å². The van der Waals surface area contributed by atoms with E-state index in [9.17, 15) is 26.3 Å². The summed E-state index contributed by atoms with van der Waals surface area (Å²) in [4.78, 5) is 19.8. The van der Waals surface area contributed by atoms with E-state index in [1.165, 1.54) is 25.1 Å². The van der Waals surface area contributed by atoms with E-state index in [4.69, 9.17) is 9.47 Å². The van der Waals surface area contributed by atoms with Crippen molar-refractivity contribution in [3.05, 3.63) is 65.5 Å². The standard InChI is InChI=1S/C25H20F6N6O2/c1-37-10-17(25(29,30)31)35-22(37)15-5-3-13(4-6-15)11-39-18-9-16(24(26,27)28)34-21(36-18)19-20(14-7-8-14)32-12-33-23(19)38-2/h3-6,9-10,12,14H,7-8,11H2,1-2H3. The first-order valence-electron chi connectivity index (χ1n) is 11.6. The van der Waals surface area contributed by atoms with Crippen LogP contribution in [-0.2, 0) is 26.0 Å². The fourth-order valence-corrected chi connectivity index (χ4v) is 3.95. The van der Waals surface area contributed by atoms with Crippen molar-refractivity contribution in [2.45, 2.75) is 37.7 Å². The molecule has 0 N–H and O–H groups in total. The second-order valence-electron chi connectivity index (χ2n) is 8.87. The molecule has 14 heteroatoms. The minimum Gasteiger partial charge on any atom is -0.480 e. The van der Waals surface area contributed by atoms with Gasteiger partial charge in [0.25, 0.3) is 0 Å². The van der Waals surface area contributed by atoms with Gasteiger partial charge in [0.2, 0.25) is 11.8 Å². The molecule has 0 radical (unpaired) electrons. The van der Waals surface area contributed by atoms with Crippen LogP contribution in [-0.4, -0.2) is 36.6 Å².